The Labute approximate surface area is 132 Å². The lowest BCUT2D eigenvalue weighted by molar-refractivity contribution is 0.0515. The molecule has 1 fully saturated rings. The summed E-state index contributed by atoms with van der Waals surface area (Å²) in [6.45, 7) is 0. The van der Waals surface area contributed by atoms with Gasteiger partial charge in [0.05, 0.1) is 16.5 Å². The number of carbonyl (C=O) groups is 2. The molecule has 5 nitrogen and oxygen atoms in total. The van der Waals surface area contributed by atoms with E-state index >= 15 is 0 Å². The molecule has 2 aromatic rings. The molecule has 22 heavy (non-hydrogen) atoms. The van der Waals surface area contributed by atoms with Crippen molar-refractivity contribution in [3.05, 3.63) is 39.9 Å². The van der Waals surface area contributed by atoms with Crippen molar-refractivity contribution in [2.75, 3.05) is 7.11 Å². The standard InChI is InChI=1S/C16H17NO4S/c1-20-11-6-4-10(5-7-11)15(18)14-12(9-21-17-14)16(19)13-3-2-8-22-13/h2-3,8-11H,4-7H2,1H3. The lowest BCUT2D eigenvalue weighted by atomic mass is 9.83. The van der Waals surface area contributed by atoms with Gasteiger partial charge in [-0.2, -0.15) is 0 Å². The Kier molecular flexibility index (Phi) is 4.49. The molecule has 0 N–H and O–H groups in total. The van der Waals surface area contributed by atoms with Gasteiger partial charge >= 0.3 is 0 Å². The highest BCUT2D eigenvalue weighted by Gasteiger charge is 2.32. The van der Waals surface area contributed by atoms with Crippen molar-refractivity contribution >= 4 is 22.9 Å². The second kappa shape index (κ2) is 6.54. The molecule has 1 aliphatic carbocycles. The molecule has 6 heteroatoms. The molecule has 1 saturated carbocycles. The SMILES string of the molecule is COC1CCC(C(=O)c2nocc2C(=O)c2cccs2)CC1. The molecule has 0 atom stereocenters. The lowest BCUT2D eigenvalue weighted by Gasteiger charge is -2.26. The van der Waals surface area contributed by atoms with Crippen molar-refractivity contribution < 1.29 is 18.8 Å². The van der Waals surface area contributed by atoms with Crippen molar-refractivity contribution in [1.82, 2.24) is 5.16 Å². The predicted octanol–water partition coefficient (Wildman–Crippen LogP) is 3.36. The summed E-state index contributed by atoms with van der Waals surface area (Å²) in [5.41, 5.74) is 0.431. The molecule has 0 unspecified atom stereocenters. The number of Topliss-reactive ketones (excluding diaryl/α,β-unsaturated/α-hetero) is 1. The first-order chi connectivity index (χ1) is 10.7. The van der Waals surface area contributed by atoms with Gasteiger partial charge in [0.2, 0.25) is 5.78 Å². The van der Waals surface area contributed by atoms with Crippen LogP contribution in [0.2, 0.25) is 0 Å². The second-order valence-electron chi connectivity index (χ2n) is 5.46. The number of thiophene rings is 1. The quantitative estimate of drug-likeness (QED) is 0.790. The van der Waals surface area contributed by atoms with Crippen LogP contribution in [-0.2, 0) is 4.74 Å². The van der Waals surface area contributed by atoms with E-state index in [1.54, 1.807) is 19.2 Å². The molecule has 0 radical (unpaired) electrons. The van der Waals surface area contributed by atoms with Gasteiger partial charge in [-0.25, -0.2) is 0 Å². The van der Waals surface area contributed by atoms with E-state index in [9.17, 15) is 9.59 Å². The maximum Gasteiger partial charge on any atom is 0.208 e. The molecule has 0 amide bonds. The Balaban J connectivity index is 1.77. The Hall–Kier alpha value is -1.79. The van der Waals surface area contributed by atoms with Gasteiger partial charge in [0, 0.05) is 13.0 Å². The van der Waals surface area contributed by atoms with Crippen molar-refractivity contribution in [3.8, 4) is 0 Å². The zero-order chi connectivity index (χ0) is 15.5. The highest BCUT2D eigenvalue weighted by Crippen LogP contribution is 2.29. The van der Waals surface area contributed by atoms with Crippen LogP contribution in [0.25, 0.3) is 0 Å². The fourth-order valence-corrected chi connectivity index (χ4v) is 3.55. The fraction of sp³-hybridized carbons (Fsp3) is 0.438. The van der Waals surface area contributed by atoms with Crippen LogP contribution < -0.4 is 0 Å². The topological polar surface area (TPSA) is 69.4 Å². The third-order valence-corrected chi connectivity index (χ3v) is 5.04. The van der Waals surface area contributed by atoms with Crippen molar-refractivity contribution in [2.45, 2.75) is 31.8 Å². The molecule has 2 aromatic heterocycles. The van der Waals surface area contributed by atoms with Crippen LogP contribution in [0.15, 0.2) is 28.3 Å². The normalized spacial score (nSPS) is 21.7. The number of ketones is 2. The summed E-state index contributed by atoms with van der Waals surface area (Å²) in [4.78, 5) is 25.6. The molecule has 0 aromatic carbocycles. The van der Waals surface area contributed by atoms with Gasteiger partial charge in [-0.15, -0.1) is 11.3 Å². The monoisotopic (exact) mass is 319 g/mol. The maximum absolute atomic E-state index is 12.6. The average molecular weight is 319 g/mol. The highest BCUT2D eigenvalue weighted by atomic mass is 32.1. The summed E-state index contributed by atoms with van der Waals surface area (Å²) < 4.78 is 10.2. The van der Waals surface area contributed by atoms with Crippen LogP contribution in [0.3, 0.4) is 0 Å². The first-order valence-corrected chi connectivity index (χ1v) is 8.18. The van der Waals surface area contributed by atoms with Gasteiger partial charge in [0.15, 0.2) is 11.5 Å². The Morgan fingerprint density at radius 3 is 2.73 bits per heavy atom. The Morgan fingerprint density at radius 2 is 2.09 bits per heavy atom. The van der Waals surface area contributed by atoms with Gasteiger partial charge in [0.25, 0.3) is 0 Å². The third kappa shape index (κ3) is 2.89. The van der Waals surface area contributed by atoms with Crippen LogP contribution in [0.5, 0.6) is 0 Å². The third-order valence-electron chi connectivity index (χ3n) is 4.17. The molecular formula is C16H17NO4S. The number of hydrogen-bond donors (Lipinski definition) is 0. The summed E-state index contributed by atoms with van der Waals surface area (Å²) in [6.07, 6.45) is 4.75. The van der Waals surface area contributed by atoms with Gasteiger partial charge < -0.3 is 9.26 Å². The molecule has 0 bridgehead atoms. The number of aromatic nitrogens is 1. The molecule has 0 saturated heterocycles. The van der Waals surface area contributed by atoms with Crippen molar-refractivity contribution in [1.29, 1.82) is 0 Å². The van der Waals surface area contributed by atoms with Crippen molar-refractivity contribution in [3.63, 3.8) is 0 Å². The Bertz CT molecular complexity index is 654. The van der Waals surface area contributed by atoms with E-state index in [1.165, 1.54) is 17.6 Å². The average Bonchev–Trinajstić information content (AvgIpc) is 3.25. The first kappa shape index (κ1) is 15.1. The highest BCUT2D eigenvalue weighted by molar-refractivity contribution is 7.12. The minimum Gasteiger partial charge on any atom is -0.381 e. The van der Waals surface area contributed by atoms with Crippen LogP contribution >= 0.6 is 11.3 Å². The number of carbonyl (C=O) groups excluding carboxylic acids is 2. The van der Waals surface area contributed by atoms with E-state index < -0.39 is 0 Å². The summed E-state index contributed by atoms with van der Waals surface area (Å²) in [5.74, 6) is -0.403. The second-order valence-corrected chi connectivity index (χ2v) is 6.40. The lowest BCUT2D eigenvalue weighted by Crippen LogP contribution is -2.26. The van der Waals surface area contributed by atoms with Crippen LogP contribution in [0.4, 0.5) is 0 Å². The number of hydrogen-bond acceptors (Lipinski definition) is 6. The van der Waals surface area contributed by atoms with Gasteiger partial charge in [-0.3, -0.25) is 9.59 Å². The molecule has 116 valence electrons. The number of rotatable bonds is 5. The molecular weight excluding hydrogens is 302 g/mol. The number of methoxy groups -OCH3 is 1. The first-order valence-electron chi connectivity index (χ1n) is 7.30. The van der Waals surface area contributed by atoms with E-state index in [0.717, 1.165) is 25.7 Å². The molecule has 2 heterocycles. The van der Waals surface area contributed by atoms with Crippen molar-refractivity contribution in [2.24, 2.45) is 5.92 Å². The molecule has 0 aliphatic heterocycles. The van der Waals surface area contributed by atoms with E-state index in [0.29, 0.717) is 4.88 Å². The number of nitrogens with zero attached hydrogens (tertiary/aromatic N) is 1. The Morgan fingerprint density at radius 1 is 1.32 bits per heavy atom. The molecule has 0 spiro atoms. The van der Waals surface area contributed by atoms with Gasteiger partial charge in [-0.05, 0) is 37.1 Å². The summed E-state index contributed by atoms with van der Waals surface area (Å²) in [5, 5.41) is 5.62. The summed E-state index contributed by atoms with van der Waals surface area (Å²) in [6, 6.07) is 3.54. The summed E-state index contributed by atoms with van der Waals surface area (Å²) >= 11 is 1.34. The maximum atomic E-state index is 12.6. The zero-order valence-corrected chi connectivity index (χ0v) is 13.1. The van der Waals surface area contributed by atoms with Crippen LogP contribution in [0, 0.1) is 5.92 Å². The van der Waals surface area contributed by atoms with Crippen LogP contribution in [0.1, 0.15) is 51.4 Å². The zero-order valence-electron chi connectivity index (χ0n) is 12.3. The fourth-order valence-electron chi connectivity index (χ4n) is 2.87. The minimum absolute atomic E-state index is 0.0943. The van der Waals surface area contributed by atoms with Gasteiger partial charge in [0.1, 0.15) is 6.26 Å². The van der Waals surface area contributed by atoms with E-state index in [2.05, 4.69) is 5.16 Å². The van der Waals surface area contributed by atoms with E-state index in [1.807, 2.05) is 5.38 Å². The minimum atomic E-state index is -0.204. The number of ether oxygens (including phenoxy) is 1. The predicted molar refractivity (Wildman–Crippen MR) is 81.3 cm³/mol. The van der Waals surface area contributed by atoms with Gasteiger partial charge in [-0.1, -0.05) is 11.2 Å². The van der Waals surface area contributed by atoms with E-state index in [-0.39, 0.29) is 34.8 Å². The van der Waals surface area contributed by atoms with E-state index in [4.69, 9.17) is 9.26 Å². The largest absolute Gasteiger partial charge is 0.381 e. The molecule has 3 rings (SSSR count). The molecule has 1 aliphatic rings. The summed E-state index contributed by atoms with van der Waals surface area (Å²) in [7, 11) is 1.70. The van der Waals surface area contributed by atoms with Crippen LogP contribution in [-0.4, -0.2) is 29.9 Å². The smallest absolute Gasteiger partial charge is 0.208 e.